The van der Waals surface area contributed by atoms with Crippen molar-refractivity contribution in [2.45, 2.75) is 38.5 Å². The van der Waals surface area contributed by atoms with E-state index in [0.29, 0.717) is 13.4 Å². The third-order valence-electron chi connectivity index (χ3n) is 3.42. The van der Waals surface area contributed by atoms with Crippen molar-refractivity contribution in [2.75, 3.05) is 13.4 Å². The molecule has 0 bridgehead atoms. The third kappa shape index (κ3) is 2.06. The van der Waals surface area contributed by atoms with Gasteiger partial charge in [0.2, 0.25) is 6.79 Å². The summed E-state index contributed by atoms with van der Waals surface area (Å²) in [5.41, 5.74) is 1.17. The average molecular weight is 249 g/mol. The van der Waals surface area contributed by atoms with Crippen molar-refractivity contribution in [1.29, 1.82) is 0 Å². The molecule has 2 heterocycles. The van der Waals surface area contributed by atoms with Gasteiger partial charge in [-0.05, 0) is 38.5 Å². The van der Waals surface area contributed by atoms with Gasteiger partial charge in [-0.1, -0.05) is 6.07 Å². The molecule has 3 rings (SSSR count). The Morgan fingerprint density at radius 3 is 2.78 bits per heavy atom. The number of hydrogen-bond acceptors (Lipinski definition) is 4. The van der Waals surface area contributed by atoms with Crippen LogP contribution in [0.15, 0.2) is 18.2 Å². The first-order valence-electron chi connectivity index (χ1n) is 6.34. The Bertz CT molecular complexity index is 458. The molecule has 2 unspecified atom stereocenters. The summed E-state index contributed by atoms with van der Waals surface area (Å²) in [6.45, 7) is 7.47. The zero-order valence-corrected chi connectivity index (χ0v) is 11.0. The second-order valence-electron chi connectivity index (χ2n) is 5.66. The van der Waals surface area contributed by atoms with Gasteiger partial charge < -0.3 is 19.5 Å². The molecule has 18 heavy (non-hydrogen) atoms. The van der Waals surface area contributed by atoms with Crippen LogP contribution in [-0.4, -0.2) is 25.0 Å². The van der Waals surface area contributed by atoms with E-state index in [4.69, 9.17) is 14.2 Å². The Morgan fingerprint density at radius 1 is 1.22 bits per heavy atom. The molecule has 0 spiro atoms. The van der Waals surface area contributed by atoms with E-state index in [2.05, 4.69) is 32.2 Å². The van der Waals surface area contributed by atoms with Crippen molar-refractivity contribution in [3.05, 3.63) is 23.8 Å². The Kier molecular flexibility index (Phi) is 2.72. The number of nitrogens with one attached hydrogen (secondary N) is 1. The normalized spacial score (nSPS) is 29.3. The number of rotatable bonds is 1. The van der Waals surface area contributed by atoms with Gasteiger partial charge in [0.05, 0.1) is 12.7 Å². The van der Waals surface area contributed by atoms with E-state index in [1.165, 1.54) is 0 Å². The highest BCUT2D eigenvalue weighted by molar-refractivity contribution is 5.45. The van der Waals surface area contributed by atoms with Gasteiger partial charge in [0.1, 0.15) is 0 Å². The van der Waals surface area contributed by atoms with Gasteiger partial charge in [-0.3, -0.25) is 0 Å². The second-order valence-corrected chi connectivity index (χ2v) is 5.66. The number of fused-ring (bicyclic) bond motifs is 1. The predicted octanol–water partition coefficient (Wildman–Crippen LogP) is 2.24. The largest absolute Gasteiger partial charge is 0.454 e. The molecule has 0 saturated carbocycles. The van der Waals surface area contributed by atoms with E-state index >= 15 is 0 Å². The van der Waals surface area contributed by atoms with E-state index in [1.54, 1.807) is 0 Å². The van der Waals surface area contributed by atoms with Crippen molar-refractivity contribution in [2.24, 2.45) is 0 Å². The van der Waals surface area contributed by atoms with Crippen LogP contribution >= 0.6 is 0 Å². The molecule has 1 fully saturated rings. The van der Waals surface area contributed by atoms with E-state index in [0.717, 1.165) is 17.1 Å². The number of morpholine rings is 1. The van der Waals surface area contributed by atoms with E-state index in [9.17, 15) is 0 Å². The monoisotopic (exact) mass is 249 g/mol. The van der Waals surface area contributed by atoms with Crippen LogP contribution in [0.5, 0.6) is 11.5 Å². The molecule has 0 amide bonds. The van der Waals surface area contributed by atoms with Gasteiger partial charge in [0.15, 0.2) is 11.5 Å². The molecule has 4 heteroatoms. The highest BCUT2D eigenvalue weighted by Crippen LogP contribution is 2.37. The Morgan fingerprint density at radius 2 is 2.00 bits per heavy atom. The minimum Gasteiger partial charge on any atom is -0.454 e. The Balaban J connectivity index is 1.83. The van der Waals surface area contributed by atoms with Crippen LogP contribution in [0.4, 0.5) is 0 Å². The summed E-state index contributed by atoms with van der Waals surface area (Å²) < 4.78 is 16.7. The van der Waals surface area contributed by atoms with Gasteiger partial charge in [0, 0.05) is 11.6 Å². The van der Waals surface area contributed by atoms with E-state index in [-0.39, 0.29) is 17.7 Å². The van der Waals surface area contributed by atoms with Crippen molar-refractivity contribution in [3.63, 3.8) is 0 Å². The predicted molar refractivity (Wildman–Crippen MR) is 67.9 cm³/mol. The van der Waals surface area contributed by atoms with Crippen LogP contribution in [-0.2, 0) is 4.74 Å². The Labute approximate surface area is 107 Å². The molecule has 1 aromatic rings. The lowest BCUT2D eigenvalue weighted by atomic mass is 9.95. The zero-order valence-electron chi connectivity index (χ0n) is 11.0. The summed E-state index contributed by atoms with van der Waals surface area (Å²) in [4.78, 5) is 0. The highest BCUT2D eigenvalue weighted by atomic mass is 16.7. The van der Waals surface area contributed by atoms with Gasteiger partial charge in [0.25, 0.3) is 0 Å². The van der Waals surface area contributed by atoms with Crippen LogP contribution in [0.1, 0.15) is 32.4 Å². The Hall–Kier alpha value is -1.26. The maximum absolute atomic E-state index is 5.99. The quantitative estimate of drug-likeness (QED) is 0.828. The average Bonchev–Trinajstić information content (AvgIpc) is 2.74. The van der Waals surface area contributed by atoms with Gasteiger partial charge >= 0.3 is 0 Å². The minimum absolute atomic E-state index is 0.0340. The summed E-state index contributed by atoms with van der Waals surface area (Å²) in [5.74, 6) is 1.63. The molecule has 1 aromatic carbocycles. The smallest absolute Gasteiger partial charge is 0.231 e. The lowest BCUT2D eigenvalue weighted by Crippen LogP contribution is -2.55. The lowest BCUT2D eigenvalue weighted by Gasteiger charge is -2.41. The lowest BCUT2D eigenvalue weighted by molar-refractivity contribution is -0.0496. The van der Waals surface area contributed by atoms with Crippen LogP contribution in [0.2, 0.25) is 0 Å². The highest BCUT2D eigenvalue weighted by Gasteiger charge is 2.33. The molecule has 1 N–H and O–H groups in total. The number of ether oxygens (including phenoxy) is 3. The van der Waals surface area contributed by atoms with Crippen molar-refractivity contribution < 1.29 is 14.2 Å². The first-order valence-corrected chi connectivity index (χ1v) is 6.34. The molecule has 98 valence electrons. The SMILES string of the molecule is CC1NC(C)(C)COC1c1ccc2c(c1)OCO2. The summed E-state index contributed by atoms with van der Waals surface area (Å²) >= 11 is 0. The first kappa shape index (κ1) is 11.8. The summed E-state index contributed by atoms with van der Waals surface area (Å²) in [7, 11) is 0. The van der Waals surface area contributed by atoms with Crippen molar-refractivity contribution in [3.8, 4) is 11.5 Å². The molecule has 1 saturated heterocycles. The second kappa shape index (κ2) is 4.14. The molecule has 2 aliphatic heterocycles. The molecule has 0 aliphatic carbocycles. The number of hydrogen-bond donors (Lipinski definition) is 1. The van der Waals surface area contributed by atoms with Crippen LogP contribution < -0.4 is 14.8 Å². The number of benzene rings is 1. The van der Waals surface area contributed by atoms with Gasteiger partial charge in [-0.15, -0.1) is 0 Å². The minimum atomic E-state index is 0.0340. The molecular formula is C14H19NO3. The molecule has 4 nitrogen and oxygen atoms in total. The topological polar surface area (TPSA) is 39.7 Å². The maximum Gasteiger partial charge on any atom is 0.231 e. The molecule has 2 aliphatic rings. The maximum atomic E-state index is 5.99. The third-order valence-corrected chi connectivity index (χ3v) is 3.42. The summed E-state index contributed by atoms with van der Waals surface area (Å²) in [5, 5.41) is 3.57. The first-order chi connectivity index (χ1) is 8.55. The fourth-order valence-corrected chi connectivity index (χ4v) is 2.65. The van der Waals surface area contributed by atoms with Gasteiger partial charge in [-0.25, -0.2) is 0 Å². The van der Waals surface area contributed by atoms with Crippen LogP contribution in [0, 0.1) is 0 Å². The van der Waals surface area contributed by atoms with Crippen molar-refractivity contribution in [1.82, 2.24) is 5.32 Å². The summed E-state index contributed by atoms with van der Waals surface area (Å²) in [6, 6.07) is 6.29. The molecule has 2 atom stereocenters. The molecule has 0 radical (unpaired) electrons. The standard InChI is InChI=1S/C14H19NO3/c1-9-13(16-7-14(2,3)15-9)10-4-5-11-12(6-10)18-8-17-11/h4-6,9,13,15H,7-8H2,1-3H3. The van der Waals surface area contributed by atoms with E-state index < -0.39 is 0 Å². The van der Waals surface area contributed by atoms with Gasteiger partial charge in [-0.2, -0.15) is 0 Å². The van der Waals surface area contributed by atoms with Crippen LogP contribution in [0.25, 0.3) is 0 Å². The zero-order chi connectivity index (χ0) is 12.8. The van der Waals surface area contributed by atoms with Crippen LogP contribution in [0.3, 0.4) is 0 Å². The molecular weight excluding hydrogens is 230 g/mol. The molecule has 0 aromatic heterocycles. The fourth-order valence-electron chi connectivity index (χ4n) is 2.65. The fraction of sp³-hybridized carbons (Fsp3) is 0.571. The van der Waals surface area contributed by atoms with E-state index in [1.807, 2.05) is 12.1 Å². The van der Waals surface area contributed by atoms with Crippen molar-refractivity contribution >= 4 is 0 Å². The summed E-state index contributed by atoms with van der Waals surface area (Å²) in [6.07, 6.45) is 0.0625.